The molecule has 0 amide bonds. The Labute approximate surface area is 78.5 Å². The number of rotatable bonds is 2. The highest BCUT2D eigenvalue weighted by Crippen LogP contribution is 2.18. The summed E-state index contributed by atoms with van der Waals surface area (Å²) in [4.78, 5) is 8.29. The molecule has 0 fully saturated rings. The van der Waals surface area contributed by atoms with Crippen molar-refractivity contribution in [2.24, 2.45) is 4.99 Å². The Hall–Kier alpha value is -1.38. The van der Waals surface area contributed by atoms with E-state index in [2.05, 4.69) is 9.98 Å². The first-order valence-corrected chi connectivity index (χ1v) is 4.13. The Kier molecular flexibility index (Phi) is 3.01. The summed E-state index contributed by atoms with van der Waals surface area (Å²) in [6, 6.07) is 1.91. The molecule has 0 radical (unpaired) electrons. The van der Waals surface area contributed by atoms with Gasteiger partial charge in [0.05, 0.1) is 12.7 Å². The van der Waals surface area contributed by atoms with Crippen LogP contribution in [0.1, 0.15) is 18.2 Å². The molecular weight excluding hydrogens is 164 g/mol. The van der Waals surface area contributed by atoms with Gasteiger partial charge in [0, 0.05) is 30.7 Å². The van der Waals surface area contributed by atoms with Gasteiger partial charge in [-0.1, -0.05) is 0 Å². The Morgan fingerprint density at radius 3 is 2.77 bits per heavy atom. The van der Waals surface area contributed by atoms with E-state index >= 15 is 0 Å². The van der Waals surface area contributed by atoms with E-state index in [1.54, 1.807) is 20.4 Å². The summed E-state index contributed by atoms with van der Waals surface area (Å²) in [7, 11) is 3.41. The van der Waals surface area contributed by atoms with E-state index < -0.39 is 0 Å². The monoisotopic (exact) mass is 178 g/mol. The van der Waals surface area contributed by atoms with Gasteiger partial charge in [0.2, 0.25) is 0 Å². The molecule has 3 nitrogen and oxygen atoms in total. The molecule has 0 saturated heterocycles. The van der Waals surface area contributed by atoms with E-state index in [0.29, 0.717) is 0 Å². The molecule has 0 saturated carbocycles. The molecule has 0 unspecified atom stereocenters. The summed E-state index contributed by atoms with van der Waals surface area (Å²) < 4.78 is 5.23. The smallest absolute Gasteiger partial charge is 0.131 e. The van der Waals surface area contributed by atoms with E-state index in [4.69, 9.17) is 4.74 Å². The lowest BCUT2D eigenvalue weighted by Crippen LogP contribution is -2.00. The van der Waals surface area contributed by atoms with E-state index in [1.165, 1.54) is 0 Å². The summed E-state index contributed by atoms with van der Waals surface area (Å²) in [6.07, 6.45) is 1.79. The van der Waals surface area contributed by atoms with Crippen molar-refractivity contribution in [1.29, 1.82) is 0 Å². The summed E-state index contributed by atoms with van der Waals surface area (Å²) in [5.41, 5.74) is 2.84. The normalized spacial score (nSPS) is 11.5. The minimum atomic E-state index is 0.829. The van der Waals surface area contributed by atoms with Crippen molar-refractivity contribution in [3.8, 4) is 5.75 Å². The number of nitrogens with zero attached hydrogens (tertiary/aromatic N) is 2. The van der Waals surface area contributed by atoms with Gasteiger partial charge in [-0.25, -0.2) is 0 Å². The van der Waals surface area contributed by atoms with Gasteiger partial charge in [-0.15, -0.1) is 0 Å². The van der Waals surface area contributed by atoms with E-state index in [-0.39, 0.29) is 0 Å². The van der Waals surface area contributed by atoms with Crippen molar-refractivity contribution in [2.45, 2.75) is 13.8 Å². The number of pyridine rings is 1. The van der Waals surface area contributed by atoms with Crippen molar-refractivity contribution in [1.82, 2.24) is 4.98 Å². The molecule has 0 aliphatic rings. The Morgan fingerprint density at radius 1 is 1.54 bits per heavy atom. The molecule has 3 heteroatoms. The molecule has 0 aromatic carbocycles. The zero-order valence-electron chi connectivity index (χ0n) is 8.46. The lowest BCUT2D eigenvalue weighted by molar-refractivity contribution is 0.413. The minimum Gasteiger partial charge on any atom is -0.496 e. The molecule has 1 heterocycles. The molecule has 13 heavy (non-hydrogen) atoms. The zero-order valence-corrected chi connectivity index (χ0v) is 8.46. The fourth-order valence-corrected chi connectivity index (χ4v) is 1.10. The quantitative estimate of drug-likeness (QED) is 0.647. The van der Waals surface area contributed by atoms with Crippen molar-refractivity contribution in [3.05, 3.63) is 23.5 Å². The highest BCUT2D eigenvalue weighted by atomic mass is 16.5. The number of hydrogen-bond acceptors (Lipinski definition) is 3. The lowest BCUT2D eigenvalue weighted by Gasteiger charge is -2.07. The second-order valence-electron chi connectivity index (χ2n) is 2.83. The first kappa shape index (κ1) is 9.71. The largest absolute Gasteiger partial charge is 0.496 e. The Bertz CT molecular complexity index is 332. The van der Waals surface area contributed by atoms with Crippen molar-refractivity contribution in [2.75, 3.05) is 14.2 Å². The number of aliphatic imine (C=N–C) groups is 1. The van der Waals surface area contributed by atoms with Crippen LogP contribution < -0.4 is 4.74 Å². The van der Waals surface area contributed by atoms with Crippen LogP contribution in [0.4, 0.5) is 0 Å². The van der Waals surface area contributed by atoms with Crippen LogP contribution in [0.5, 0.6) is 5.75 Å². The zero-order chi connectivity index (χ0) is 9.84. The molecule has 0 atom stereocenters. The third-order valence-corrected chi connectivity index (χ3v) is 1.95. The summed E-state index contributed by atoms with van der Waals surface area (Å²) in [5, 5.41) is 0. The molecule has 70 valence electrons. The Balaban J connectivity index is 3.21. The lowest BCUT2D eigenvalue weighted by atomic mass is 10.1. The van der Waals surface area contributed by atoms with Crippen LogP contribution in [0.25, 0.3) is 0 Å². The topological polar surface area (TPSA) is 34.5 Å². The average Bonchev–Trinajstić information content (AvgIpc) is 2.16. The van der Waals surface area contributed by atoms with Crippen LogP contribution in [0.2, 0.25) is 0 Å². The predicted molar refractivity (Wildman–Crippen MR) is 53.7 cm³/mol. The molecule has 0 bridgehead atoms. The average molecular weight is 178 g/mol. The van der Waals surface area contributed by atoms with Gasteiger partial charge in [-0.3, -0.25) is 9.98 Å². The highest BCUT2D eigenvalue weighted by Gasteiger charge is 2.05. The van der Waals surface area contributed by atoms with Gasteiger partial charge in [-0.05, 0) is 13.8 Å². The molecule has 0 aliphatic carbocycles. The predicted octanol–water partition coefficient (Wildman–Crippen LogP) is 1.84. The molecule has 1 aromatic heterocycles. The fraction of sp³-hybridized carbons (Fsp3) is 0.400. The second-order valence-corrected chi connectivity index (χ2v) is 2.83. The Morgan fingerprint density at radius 2 is 2.23 bits per heavy atom. The molecule has 1 rings (SSSR count). The summed E-state index contributed by atoms with van der Waals surface area (Å²) in [6.45, 7) is 3.87. The third kappa shape index (κ3) is 2.05. The maximum atomic E-state index is 5.23. The maximum Gasteiger partial charge on any atom is 0.131 e. The van der Waals surface area contributed by atoms with Crippen LogP contribution >= 0.6 is 0 Å². The third-order valence-electron chi connectivity index (χ3n) is 1.95. The first-order chi connectivity index (χ1) is 6.19. The molecule has 0 spiro atoms. The summed E-state index contributed by atoms with van der Waals surface area (Å²) in [5.74, 6) is 0.829. The van der Waals surface area contributed by atoms with E-state index in [0.717, 1.165) is 22.7 Å². The fourth-order valence-electron chi connectivity index (χ4n) is 1.10. The number of methoxy groups -OCH3 is 1. The van der Waals surface area contributed by atoms with E-state index in [1.807, 2.05) is 19.9 Å². The summed E-state index contributed by atoms with van der Waals surface area (Å²) >= 11 is 0. The van der Waals surface area contributed by atoms with Crippen molar-refractivity contribution >= 4 is 5.71 Å². The van der Waals surface area contributed by atoms with Crippen LogP contribution in [-0.2, 0) is 0 Å². The van der Waals surface area contributed by atoms with Gasteiger partial charge in [0.1, 0.15) is 5.75 Å². The van der Waals surface area contributed by atoms with Crippen LogP contribution in [0.3, 0.4) is 0 Å². The van der Waals surface area contributed by atoms with Crippen LogP contribution in [-0.4, -0.2) is 24.9 Å². The van der Waals surface area contributed by atoms with Gasteiger partial charge >= 0.3 is 0 Å². The highest BCUT2D eigenvalue weighted by molar-refractivity contribution is 6.00. The van der Waals surface area contributed by atoms with Gasteiger partial charge in [0.15, 0.2) is 0 Å². The van der Waals surface area contributed by atoms with E-state index in [9.17, 15) is 0 Å². The van der Waals surface area contributed by atoms with Crippen molar-refractivity contribution in [3.63, 3.8) is 0 Å². The minimum absolute atomic E-state index is 0.829. The van der Waals surface area contributed by atoms with Gasteiger partial charge in [0.25, 0.3) is 0 Å². The number of aryl methyl sites for hydroxylation is 1. The van der Waals surface area contributed by atoms with Crippen molar-refractivity contribution < 1.29 is 4.74 Å². The number of aromatic nitrogens is 1. The second kappa shape index (κ2) is 4.03. The van der Waals surface area contributed by atoms with Crippen LogP contribution in [0, 0.1) is 6.92 Å². The maximum absolute atomic E-state index is 5.23. The van der Waals surface area contributed by atoms with Gasteiger partial charge < -0.3 is 4.74 Å². The van der Waals surface area contributed by atoms with Gasteiger partial charge in [-0.2, -0.15) is 0 Å². The molecule has 1 aromatic rings. The standard InChI is InChI=1S/C10H14N2O/c1-7-5-10(13-4)9(6-12-7)8(2)11-3/h5-6H,1-4H3. The molecule has 0 aliphatic heterocycles. The molecular formula is C10H14N2O. The van der Waals surface area contributed by atoms with Crippen LogP contribution in [0.15, 0.2) is 17.3 Å². The SMILES string of the molecule is CN=C(C)c1cnc(C)cc1OC. The molecule has 0 N–H and O–H groups in total. The first-order valence-electron chi connectivity index (χ1n) is 4.13. The number of ether oxygens (including phenoxy) is 1. The number of hydrogen-bond donors (Lipinski definition) is 0.